The summed E-state index contributed by atoms with van der Waals surface area (Å²) in [6.07, 6.45) is 3.51. The first-order valence-electron chi connectivity index (χ1n) is 7.50. The van der Waals surface area contributed by atoms with Crippen molar-refractivity contribution in [3.63, 3.8) is 0 Å². The van der Waals surface area contributed by atoms with Crippen molar-refractivity contribution in [2.24, 2.45) is 5.73 Å². The van der Waals surface area contributed by atoms with Crippen LogP contribution >= 0.6 is 24.8 Å². The SMILES string of the molecule is CC(C)(N)CNC(=O)CCCc1ncc(-c2ccccc2)o1.Cl.Cl. The quantitative estimate of drug-likeness (QED) is 0.779. The number of aryl methyl sites for hydroxylation is 1. The summed E-state index contributed by atoms with van der Waals surface area (Å²) in [5, 5.41) is 2.82. The number of rotatable bonds is 7. The van der Waals surface area contributed by atoms with E-state index in [1.54, 1.807) is 6.20 Å². The minimum Gasteiger partial charge on any atom is -0.441 e. The molecule has 7 heteroatoms. The summed E-state index contributed by atoms with van der Waals surface area (Å²) in [6, 6.07) is 9.84. The maximum absolute atomic E-state index is 11.7. The highest BCUT2D eigenvalue weighted by molar-refractivity contribution is 5.85. The van der Waals surface area contributed by atoms with Crippen LogP contribution in [-0.4, -0.2) is 23.0 Å². The molecule has 1 aromatic carbocycles. The molecule has 2 aromatic rings. The average Bonchev–Trinajstić information content (AvgIpc) is 2.94. The van der Waals surface area contributed by atoms with E-state index < -0.39 is 0 Å². The van der Waals surface area contributed by atoms with Crippen molar-refractivity contribution in [3.05, 3.63) is 42.4 Å². The summed E-state index contributed by atoms with van der Waals surface area (Å²) in [4.78, 5) is 15.9. The fraction of sp³-hybridized carbons (Fsp3) is 0.412. The van der Waals surface area contributed by atoms with Gasteiger partial charge in [-0.05, 0) is 20.3 Å². The van der Waals surface area contributed by atoms with Crippen LogP contribution in [0.3, 0.4) is 0 Å². The van der Waals surface area contributed by atoms with Gasteiger partial charge >= 0.3 is 0 Å². The third-order valence-electron chi connectivity index (χ3n) is 3.15. The molecule has 0 spiro atoms. The van der Waals surface area contributed by atoms with Gasteiger partial charge in [-0.2, -0.15) is 0 Å². The van der Waals surface area contributed by atoms with Crippen molar-refractivity contribution in [1.29, 1.82) is 0 Å². The Balaban J connectivity index is 0.00000264. The smallest absolute Gasteiger partial charge is 0.220 e. The number of amides is 1. The number of benzene rings is 1. The lowest BCUT2D eigenvalue weighted by Crippen LogP contribution is -2.45. The van der Waals surface area contributed by atoms with Crippen LogP contribution in [0.15, 0.2) is 40.9 Å². The standard InChI is InChI=1S/C17H23N3O2.2ClH/c1-17(2,18)12-20-15(21)9-6-10-16-19-11-14(22-16)13-7-4-3-5-8-13;;/h3-5,7-8,11H,6,9-10,12,18H2,1-2H3,(H,20,21);2*1H. The molecule has 3 N–H and O–H groups in total. The van der Waals surface area contributed by atoms with Crippen LogP contribution in [0.25, 0.3) is 11.3 Å². The molecule has 1 heterocycles. The number of carbonyl (C=O) groups excluding carboxylic acids is 1. The fourth-order valence-corrected chi connectivity index (χ4v) is 1.98. The summed E-state index contributed by atoms with van der Waals surface area (Å²) < 4.78 is 5.70. The van der Waals surface area contributed by atoms with Crippen molar-refractivity contribution in [3.8, 4) is 11.3 Å². The van der Waals surface area contributed by atoms with Crippen molar-refractivity contribution >= 4 is 30.7 Å². The highest BCUT2D eigenvalue weighted by Gasteiger charge is 2.12. The summed E-state index contributed by atoms with van der Waals surface area (Å²) in [5.41, 5.74) is 6.44. The fourth-order valence-electron chi connectivity index (χ4n) is 1.98. The van der Waals surface area contributed by atoms with Crippen LogP contribution in [-0.2, 0) is 11.2 Å². The van der Waals surface area contributed by atoms with Gasteiger partial charge in [-0.1, -0.05) is 30.3 Å². The Kier molecular flexibility index (Phi) is 9.66. The Hall–Kier alpha value is -1.56. The Morgan fingerprint density at radius 3 is 2.54 bits per heavy atom. The molecule has 0 bridgehead atoms. The largest absolute Gasteiger partial charge is 0.441 e. The number of nitrogens with two attached hydrogens (primary N) is 1. The third kappa shape index (κ3) is 7.81. The lowest BCUT2D eigenvalue weighted by atomic mass is 10.1. The number of nitrogens with one attached hydrogen (secondary N) is 1. The van der Waals surface area contributed by atoms with E-state index in [9.17, 15) is 4.79 Å². The van der Waals surface area contributed by atoms with Crippen LogP contribution in [0, 0.1) is 0 Å². The topological polar surface area (TPSA) is 81.1 Å². The van der Waals surface area contributed by atoms with Gasteiger partial charge in [0.25, 0.3) is 0 Å². The van der Waals surface area contributed by atoms with Gasteiger partial charge in [-0.15, -0.1) is 24.8 Å². The molecule has 0 atom stereocenters. The molecule has 0 aliphatic rings. The van der Waals surface area contributed by atoms with E-state index in [-0.39, 0.29) is 36.3 Å². The zero-order valence-corrected chi connectivity index (χ0v) is 15.6. The predicted octanol–water partition coefficient (Wildman–Crippen LogP) is 3.36. The molecule has 0 aliphatic carbocycles. The maximum atomic E-state index is 11.7. The molecule has 5 nitrogen and oxygen atoms in total. The highest BCUT2D eigenvalue weighted by atomic mass is 35.5. The predicted molar refractivity (Wildman–Crippen MR) is 101 cm³/mol. The van der Waals surface area contributed by atoms with Gasteiger partial charge in [-0.3, -0.25) is 4.79 Å². The average molecular weight is 374 g/mol. The molecule has 0 fully saturated rings. The van der Waals surface area contributed by atoms with Crippen LogP contribution in [0.5, 0.6) is 0 Å². The molecule has 1 amide bonds. The van der Waals surface area contributed by atoms with Crippen molar-refractivity contribution in [1.82, 2.24) is 10.3 Å². The molecular weight excluding hydrogens is 349 g/mol. The lowest BCUT2D eigenvalue weighted by Gasteiger charge is -2.18. The Morgan fingerprint density at radius 2 is 1.92 bits per heavy atom. The summed E-state index contributed by atoms with van der Waals surface area (Å²) >= 11 is 0. The zero-order chi connectivity index (χ0) is 16.0. The van der Waals surface area contributed by atoms with E-state index in [1.807, 2.05) is 44.2 Å². The van der Waals surface area contributed by atoms with E-state index >= 15 is 0 Å². The molecule has 1 aromatic heterocycles. The first kappa shape index (κ1) is 22.4. The van der Waals surface area contributed by atoms with E-state index in [0.717, 1.165) is 11.3 Å². The van der Waals surface area contributed by atoms with E-state index in [1.165, 1.54) is 0 Å². The van der Waals surface area contributed by atoms with Gasteiger partial charge < -0.3 is 15.5 Å². The summed E-state index contributed by atoms with van der Waals surface area (Å²) in [7, 11) is 0. The van der Waals surface area contributed by atoms with Gasteiger partial charge in [0.1, 0.15) is 0 Å². The van der Waals surface area contributed by atoms with Crippen molar-refractivity contribution < 1.29 is 9.21 Å². The number of halogens is 2. The summed E-state index contributed by atoms with van der Waals surface area (Å²) in [5.74, 6) is 1.42. The minimum absolute atomic E-state index is 0. The first-order valence-corrected chi connectivity index (χ1v) is 7.50. The van der Waals surface area contributed by atoms with Crippen LogP contribution in [0.4, 0.5) is 0 Å². The monoisotopic (exact) mass is 373 g/mol. The van der Waals surface area contributed by atoms with E-state index in [2.05, 4.69) is 10.3 Å². The molecule has 2 rings (SSSR count). The first-order chi connectivity index (χ1) is 10.4. The van der Waals surface area contributed by atoms with Crippen LogP contribution in [0.2, 0.25) is 0 Å². The molecule has 24 heavy (non-hydrogen) atoms. The number of aromatic nitrogens is 1. The number of hydrogen-bond donors (Lipinski definition) is 2. The Labute approximate surface area is 155 Å². The van der Waals surface area contributed by atoms with Crippen molar-refractivity contribution in [2.75, 3.05) is 6.54 Å². The number of nitrogens with zero attached hydrogens (tertiary/aromatic N) is 1. The molecular formula is C17H25Cl2N3O2. The van der Waals surface area contributed by atoms with Gasteiger partial charge in [0, 0.05) is 30.5 Å². The van der Waals surface area contributed by atoms with Gasteiger partial charge in [0.15, 0.2) is 11.7 Å². The summed E-state index contributed by atoms with van der Waals surface area (Å²) in [6.45, 7) is 4.24. The third-order valence-corrected chi connectivity index (χ3v) is 3.15. The van der Waals surface area contributed by atoms with Gasteiger partial charge in [0.05, 0.1) is 6.20 Å². The van der Waals surface area contributed by atoms with Crippen LogP contribution in [0.1, 0.15) is 32.6 Å². The second-order valence-corrected chi connectivity index (χ2v) is 6.10. The van der Waals surface area contributed by atoms with Gasteiger partial charge in [-0.25, -0.2) is 4.98 Å². The van der Waals surface area contributed by atoms with E-state index in [4.69, 9.17) is 10.2 Å². The number of carbonyl (C=O) groups is 1. The van der Waals surface area contributed by atoms with E-state index in [0.29, 0.717) is 31.7 Å². The normalized spacial score (nSPS) is 10.5. The zero-order valence-electron chi connectivity index (χ0n) is 14.0. The Bertz CT molecular complexity index is 610. The van der Waals surface area contributed by atoms with Crippen LogP contribution < -0.4 is 11.1 Å². The molecule has 0 radical (unpaired) electrons. The second kappa shape index (κ2) is 10.3. The number of oxazole rings is 1. The number of hydrogen-bond acceptors (Lipinski definition) is 4. The minimum atomic E-state index is -0.386. The van der Waals surface area contributed by atoms with Crippen molar-refractivity contribution in [2.45, 2.75) is 38.6 Å². The second-order valence-electron chi connectivity index (χ2n) is 6.10. The molecule has 0 unspecified atom stereocenters. The Morgan fingerprint density at radius 1 is 1.25 bits per heavy atom. The van der Waals surface area contributed by atoms with Gasteiger partial charge in [0.2, 0.25) is 5.91 Å². The lowest BCUT2D eigenvalue weighted by molar-refractivity contribution is -0.121. The maximum Gasteiger partial charge on any atom is 0.220 e. The molecule has 0 aliphatic heterocycles. The molecule has 0 saturated carbocycles. The molecule has 134 valence electrons. The molecule has 0 saturated heterocycles. The highest BCUT2D eigenvalue weighted by Crippen LogP contribution is 2.20.